The van der Waals surface area contributed by atoms with Gasteiger partial charge < -0.3 is 9.88 Å². The van der Waals surface area contributed by atoms with Crippen molar-refractivity contribution in [1.29, 1.82) is 0 Å². The highest BCUT2D eigenvalue weighted by molar-refractivity contribution is 6.07. The van der Waals surface area contributed by atoms with Crippen molar-refractivity contribution in [1.82, 2.24) is 14.3 Å². The van der Waals surface area contributed by atoms with Gasteiger partial charge >= 0.3 is 0 Å². The van der Waals surface area contributed by atoms with E-state index in [0.717, 1.165) is 34.5 Å². The van der Waals surface area contributed by atoms with Crippen LogP contribution in [0.3, 0.4) is 0 Å². The number of nitrogens with one attached hydrogen (secondary N) is 1. The zero-order valence-electron chi connectivity index (χ0n) is 21.6. The molecule has 1 N–H and O–H groups in total. The van der Waals surface area contributed by atoms with Crippen LogP contribution in [0.5, 0.6) is 0 Å². The summed E-state index contributed by atoms with van der Waals surface area (Å²) in [5.41, 5.74) is 10.4. The van der Waals surface area contributed by atoms with Crippen molar-refractivity contribution in [3.05, 3.63) is 118 Å². The van der Waals surface area contributed by atoms with Gasteiger partial charge in [-0.25, -0.2) is 0 Å². The molecule has 5 nitrogen and oxygen atoms in total. The van der Waals surface area contributed by atoms with Gasteiger partial charge in [0, 0.05) is 28.7 Å². The molecule has 5 rings (SSSR count). The monoisotopic (exact) mass is 476 g/mol. The highest BCUT2D eigenvalue weighted by Gasteiger charge is 2.18. The SMILES string of the molecule is Cc1ccc(Cn2nc(C)c(NC(=O)c3ccc4c(c3)c(C)c(C)n4Cc3ccccc3)c2C)cc1. The Bertz CT molecular complexity index is 1560. The fourth-order valence-electron chi connectivity index (χ4n) is 4.84. The number of benzene rings is 3. The van der Waals surface area contributed by atoms with Crippen molar-refractivity contribution >= 4 is 22.5 Å². The van der Waals surface area contributed by atoms with E-state index < -0.39 is 0 Å². The number of nitrogens with zero attached hydrogens (tertiary/aromatic N) is 3. The smallest absolute Gasteiger partial charge is 0.255 e. The molecule has 5 aromatic rings. The summed E-state index contributed by atoms with van der Waals surface area (Å²) in [6.07, 6.45) is 0. The number of hydrogen-bond acceptors (Lipinski definition) is 2. The van der Waals surface area contributed by atoms with Gasteiger partial charge in [0.2, 0.25) is 0 Å². The Morgan fingerprint density at radius 3 is 2.22 bits per heavy atom. The van der Waals surface area contributed by atoms with Gasteiger partial charge in [-0.3, -0.25) is 9.48 Å². The van der Waals surface area contributed by atoms with Crippen LogP contribution in [0.15, 0.2) is 72.8 Å². The maximum absolute atomic E-state index is 13.3. The van der Waals surface area contributed by atoms with E-state index in [2.05, 4.69) is 85.3 Å². The summed E-state index contributed by atoms with van der Waals surface area (Å²) in [6, 6.07) is 24.9. The Morgan fingerprint density at radius 1 is 0.806 bits per heavy atom. The summed E-state index contributed by atoms with van der Waals surface area (Å²) in [7, 11) is 0. The van der Waals surface area contributed by atoms with Gasteiger partial charge in [0.05, 0.1) is 23.6 Å². The first-order valence-corrected chi connectivity index (χ1v) is 12.4. The van der Waals surface area contributed by atoms with E-state index >= 15 is 0 Å². The van der Waals surface area contributed by atoms with Gasteiger partial charge in [0.25, 0.3) is 5.91 Å². The molecule has 0 atom stereocenters. The van der Waals surface area contributed by atoms with Gasteiger partial charge in [-0.2, -0.15) is 5.10 Å². The predicted molar refractivity (Wildman–Crippen MR) is 147 cm³/mol. The number of hydrogen-bond donors (Lipinski definition) is 1. The van der Waals surface area contributed by atoms with E-state index in [-0.39, 0.29) is 5.91 Å². The Kier molecular flexibility index (Phi) is 6.23. The van der Waals surface area contributed by atoms with E-state index in [0.29, 0.717) is 12.1 Å². The maximum atomic E-state index is 13.3. The Labute approximate surface area is 212 Å². The fourth-order valence-corrected chi connectivity index (χ4v) is 4.84. The fraction of sp³-hybridized carbons (Fsp3) is 0.226. The van der Waals surface area contributed by atoms with Crippen LogP contribution in [-0.4, -0.2) is 20.3 Å². The van der Waals surface area contributed by atoms with Gasteiger partial charge in [0.15, 0.2) is 0 Å². The second-order valence-electron chi connectivity index (χ2n) is 9.66. The summed E-state index contributed by atoms with van der Waals surface area (Å²) in [4.78, 5) is 13.3. The minimum absolute atomic E-state index is 0.120. The lowest BCUT2D eigenvalue weighted by Gasteiger charge is -2.10. The number of aromatic nitrogens is 3. The van der Waals surface area contributed by atoms with Crippen LogP contribution < -0.4 is 5.32 Å². The van der Waals surface area contributed by atoms with E-state index in [1.807, 2.05) is 36.7 Å². The van der Waals surface area contributed by atoms with E-state index in [1.165, 1.54) is 27.9 Å². The molecule has 5 heteroatoms. The van der Waals surface area contributed by atoms with Crippen LogP contribution in [0.25, 0.3) is 10.9 Å². The maximum Gasteiger partial charge on any atom is 0.255 e. The molecule has 0 aliphatic heterocycles. The van der Waals surface area contributed by atoms with Crippen molar-refractivity contribution in [3.8, 4) is 0 Å². The minimum Gasteiger partial charge on any atom is -0.340 e. The Morgan fingerprint density at radius 2 is 1.50 bits per heavy atom. The van der Waals surface area contributed by atoms with Crippen molar-refractivity contribution in [2.75, 3.05) is 5.32 Å². The van der Waals surface area contributed by atoms with Crippen LogP contribution in [0, 0.1) is 34.6 Å². The zero-order chi connectivity index (χ0) is 25.4. The lowest BCUT2D eigenvalue weighted by atomic mass is 10.1. The quantitative estimate of drug-likeness (QED) is 0.295. The Hall–Kier alpha value is -4.12. The summed E-state index contributed by atoms with van der Waals surface area (Å²) < 4.78 is 4.28. The molecular formula is C31H32N4O. The largest absolute Gasteiger partial charge is 0.340 e. The third-order valence-electron chi connectivity index (χ3n) is 7.16. The van der Waals surface area contributed by atoms with E-state index in [9.17, 15) is 4.79 Å². The molecule has 0 fully saturated rings. The van der Waals surface area contributed by atoms with Gasteiger partial charge in [-0.1, -0.05) is 60.2 Å². The molecular weight excluding hydrogens is 444 g/mol. The van der Waals surface area contributed by atoms with Gasteiger partial charge in [0.1, 0.15) is 0 Å². The third-order valence-corrected chi connectivity index (χ3v) is 7.16. The molecule has 0 unspecified atom stereocenters. The molecule has 0 aliphatic rings. The van der Waals surface area contributed by atoms with Crippen molar-refractivity contribution < 1.29 is 4.79 Å². The molecule has 3 aromatic carbocycles. The minimum atomic E-state index is -0.120. The molecule has 0 aliphatic carbocycles. The molecule has 0 spiro atoms. The number of fused-ring (bicyclic) bond motifs is 1. The first-order chi connectivity index (χ1) is 17.3. The van der Waals surface area contributed by atoms with Gasteiger partial charge in [-0.05, 0) is 69.5 Å². The highest BCUT2D eigenvalue weighted by Crippen LogP contribution is 2.28. The summed E-state index contributed by atoms with van der Waals surface area (Å²) >= 11 is 0. The molecule has 182 valence electrons. The van der Waals surface area contributed by atoms with Gasteiger partial charge in [-0.15, -0.1) is 0 Å². The van der Waals surface area contributed by atoms with E-state index in [4.69, 9.17) is 5.10 Å². The van der Waals surface area contributed by atoms with Crippen LogP contribution >= 0.6 is 0 Å². The lowest BCUT2D eigenvalue weighted by Crippen LogP contribution is -2.13. The first kappa shape index (κ1) is 23.6. The second-order valence-corrected chi connectivity index (χ2v) is 9.66. The molecule has 0 saturated heterocycles. The molecule has 2 heterocycles. The average Bonchev–Trinajstić information content (AvgIpc) is 3.28. The van der Waals surface area contributed by atoms with Crippen molar-refractivity contribution in [3.63, 3.8) is 0 Å². The van der Waals surface area contributed by atoms with Crippen LogP contribution in [0.1, 0.15) is 49.7 Å². The molecule has 1 amide bonds. The molecule has 2 aromatic heterocycles. The Balaban J connectivity index is 1.40. The molecule has 0 saturated carbocycles. The first-order valence-electron chi connectivity index (χ1n) is 12.4. The zero-order valence-corrected chi connectivity index (χ0v) is 21.6. The van der Waals surface area contributed by atoms with Crippen molar-refractivity contribution in [2.45, 2.75) is 47.7 Å². The number of amides is 1. The third kappa shape index (κ3) is 4.44. The number of anilines is 1. The standard InChI is InChI=1S/C31H32N4O/c1-20-11-13-26(14-12-20)19-35-24(5)30(22(3)33-35)32-31(36)27-15-16-29-28(17-27)21(2)23(4)34(29)18-25-9-7-6-8-10-25/h6-17H,18-19H2,1-5H3,(H,32,36). The highest BCUT2D eigenvalue weighted by atomic mass is 16.1. The van der Waals surface area contributed by atoms with E-state index in [1.54, 1.807) is 0 Å². The number of carbonyl (C=O) groups is 1. The summed E-state index contributed by atoms with van der Waals surface area (Å²) in [5, 5.41) is 8.93. The van der Waals surface area contributed by atoms with Crippen molar-refractivity contribution in [2.24, 2.45) is 0 Å². The topological polar surface area (TPSA) is 51.9 Å². The second kappa shape index (κ2) is 9.50. The lowest BCUT2D eigenvalue weighted by molar-refractivity contribution is 0.102. The summed E-state index contributed by atoms with van der Waals surface area (Å²) in [5.74, 6) is -0.120. The molecule has 0 bridgehead atoms. The van der Waals surface area contributed by atoms with Crippen LogP contribution in [0.2, 0.25) is 0 Å². The summed E-state index contributed by atoms with van der Waals surface area (Å²) in [6.45, 7) is 11.8. The average molecular weight is 477 g/mol. The number of aryl methyl sites for hydroxylation is 3. The number of rotatable bonds is 6. The molecule has 36 heavy (non-hydrogen) atoms. The predicted octanol–water partition coefficient (Wildman–Crippen LogP) is 6.73. The normalized spacial score (nSPS) is 11.2. The molecule has 0 radical (unpaired) electrons. The van der Waals surface area contributed by atoms with Crippen LogP contribution in [0.4, 0.5) is 5.69 Å². The number of carbonyl (C=O) groups excluding carboxylic acids is 1. The van der Waals surface area contributed by atoms with Crippen LogP contribution in [-0.2, 0) is 13.1 Å².